The number of aromatic nitrogens is 3. The third-order valence-electron chi connectivity index (χ3n) is 1.56. The Morgan fingerprint density at radius 3 is 2.92 bits per heavy atom. The van der Waals surface area contributed by atoms with Crippen LogP contribution in [0.2, 0.25) is 0 Å². The van der Waals surface area contributed by atoms with Gasteiger partial charge in [0.15, 0.2) is 0 Å². The first-order valence-electron chi connectivity index (χ1n) is 3.39. The van der Waals surface area contributed by atoms with E-state index in [-0.39, 0.29) is 6.61 Å². The zero-order valence-corrected chi connectivity index (χ0v) is 7.69. The molecule has 0 bridgehead atoms. The zero-order valence-electron chi connectivity index (χ0n) is 6.11. The molecule has 0 radical (unpaired) electrons. The number of hydrogen-bond donors (Lipinski definition) is 1. The molecule has 2 rings (SSSR count). The van der Waals surface area contributed by atoms with Crippen molar-refractivity contribution in [3.05, 3.63) is 28.8 Å². The number of aliphatic hydroxyl groups excluding tert-OH is 1. The molecular weight excluding hydrogens is 222 g/mol. The third-order valence-corrected chi connectivity index (χ3v) is 2.14. The molecule has 0 atom stereocenters. The van der Waals surface area contributed by atoms with Crippen molar-refractivity contribution in [2.24, 2.45) is 0 Å². The Kier molecular flexibility index (Phi) is 1.82. The summed E-state index contributed by atoms with van der Waals surface area (Å²) >= 11 is 3.31. The molecule has 0 saturated carbocycles. The second-order valence-corrected chi connectivity index (χ2v) is 3.18. The highest BCUT2D eigenvalue weighted by molar-refractivity contribution is 9.10. The van der Waals surface area contributed by atoms with Gasteiger partial charge in [0, 0.05) is 18.0 Å². The standard InChI is InChI=1S/C7H6BrN3O/c8-6-2-10-7-9-1-5(4-12)3-11(6)7/h1-3,12H,4H2. The van der Waals surface area contributed by atoms with Gasteiger partial charge in [-0.25, -0.2) is 9.97 Å². The summed E-state index contributed by atoms with van der Waals surface area (Å²) in [4.78, 5) is 8.05. The lowest BCUT2D eigenvalue weighted by Crippen LogP contribution is -1.93. The summed E-state index contributed by atoms with van der Waals surface area (Å²) in [7, 11) is 0. The molecule has 0 unspecified atom stereocenters. The number of nitrogens with zero attached hydrogens (tertiary/aromatic N) is 3. The van der Waals surface area contributed by atoms with Gasteiger partial charge in [0.1, 0.15) is 4.60 Å². The van der Waals surface area contributed by atoms with Gasteiger partial charge in [-0.1, -0.05) is 0 Å². The van der Waals surface area contributed by atoms with Crippen LogP contribution in [0, 0.1) is 0 Å². The van der Waals surface area contributed by atoms with Crippen molar-refractivity contribution < 1.29 is 5.11 Å². The van der Waals surface area contributed by atoms with Crippen molar-refractivity contribution in [3.8, 4) is 0 Å². The van der Waals surface area contributed by atoms with Gasteiger partial charge in [-0.3, -0.25) is 4.40 Å². The molecule has 1 N–H and O–H groups in total. The SMILES string of the molecule is OCc1cnc2ncc(Br)n2c1. The molecule has 2 aromatic heterocycles. The molecule has 0 amide bonds. The van der Waals surface area contributed by atoms with Crippen LogP contribution in [0.25, 0.3) is 5.78 Å². The first-order valence-corrected chi connectivity index (χ1v) is 4.19. The van der Waals surface area contributed by atoms with Gasteiger partial charge in [0.25, 0.3) is 0 Å². The maximum absolute atomic E-state index is 8.84. The largest absolute Gasteiger partial charge is 0.392 e. The van der Waals surface area contributed by atoms with Gasteiger partial charge in [-0.15, -0.1) is 0 Å². The van der Waals surface area contributed by atoms with Gasteiger partial charge in [0.05, 0.1) is 12.8 Å². The van der Waals surface area contributed by atoms with Crippen LogP contribution in [-0.2, 0) is 6.61 Å². The molecule has 12 heavy (non-hydrogen) atoms. The van der Waals surface area contributed by atoms with Crippen molar-refractivity contribution in [2.45, 2.75) is 6.61 Å². The Hall–Kier alpha value is -0.940. The number of aliphatic hydroxyl groups is 1. The van der Waals surface area contributed by atoms with Gasteiger partial charge < -0.3 is 5.11 Å². The predicted molar refractivity (Wildman–Crippen MR) is 46.6 cm³/mol. The molecule has 2 aromatic rings. The molecule has 0 fully saturated rings. The van der Waals surface area contributed by atoms with Gasteiger partial charge in [0.2, 0.25) is 5.78 Å². The van der Waals surface area contributed by atoms with Crippen molar-refractivity contribution in [2.75, 3.05) is 0 Å². The van der Waals surface area contributed by atoms with E-state index < -0.39 is 0 Å². The average Bonchev–Trinajstić information content (AvgIpc) is 2.47. The van der Waals surface area contributed by atoms with Gasteiger partial charge >= 0.3 is 0 Å². The summed E-state index contributed by atoms with van der Waals surface area (Å²) in [5.74, 6) is 0.624. The number of rotatable bonds is 1. The van der Waals surface area contributed by atoms with E-state index >= 15 is 0 Å². The Balaban J connectivity index is 2.71. The summed E-state index contributed by atoms with van der Waals surface area (Å²) in [6.45, 7) is -0.00639. The van der Waals surface area contributed by atoms with Crippen LogP contribution in [0.15, 0.2) is 23.2 Å². The van der Waals surface area contributed by atoms with E-state index in [1.165, 1.54) is 0 Å². The molecule has 0 spiro atoms. The number of imidazole rings is 1. The van der Waals surface area contributed by atoms with Crippen molar-refractivity contribution in [3.63, 3.8) is 0 Å². The molecule has 0 aliphatic carbocycles. The van der Waals surface area contributed by atoms with E-state index in [4.69, 9.17) is 5.11 Å². The van der Waals surface area contributed by atoms with Crippen LogP contribution >= 0.6 is 15.9 Å². The molecule has 2 heterocycles. The smallest absolute Gasteiger partial charge is 0.234 e. The van der Waals surface area contributed by atoms with Crippen molar-refractivity contribution in [1.29, 1.82) is 0 Å². The summed E-state index contributed by atoms with van der Waals surface area (Å²) in [6, 6.07) is 0. The molecule has 62 valence electrons. The Morgan fingerprint density at radius 1 is 1.42 bits per heavy atom. The Morgan fingerprint density at radius 2 is 2.17 bits per heavy atom. The van der Waals surface area contributed by atoms with Crippen molar-refractivity contribution in [1.82, 2.24) is 14.4 Å². The normalized spacial score (nSPS) is 10.8. The first kappa shape index (κ1) is 7.70. The summed E-state index contributed by atoms with van der Waals surface area (Å²) in [5.41, 5.74) is 0.765. The molecule has 0 aliphatic heterocycles. The van der Waals surface area contributed by atoms with Crippen LogP contribution in [0.4, 0.5) is 0 Å². The number of halogens is 1. The highest BCUT2D eigenvalue weighted by atomic mass is 79.9. The van der Waals surface area contributed by atoms with E-state index in [2.05, 4.69) is 25.9 Å². The summed E-state index contributed by atoms with van der Waals surface area (Å²) in [6.07, 6.45) is 5.07. The lowest BCUT2D eigenvalue weighted by atomic mass is 10.4. The highest BCUT2D eigenvalue weighted by Gasteiger charge is 2.00. The molecule has 5 heteroatoms. The molecule has 0 aliphatic rings. The van der Waals surface area contributed by atoms with E-state index in [1.807, 2.05) is 0 Å². The number of fused-ring (bicyclic) bond motifs is 1. The second-order valence-electron chi connectivity index (χ2n) is 2.37. The van der Waals surface area contributed by atoms with Crippen LogP contribution in [0.5, 0.6) is 0 Å². The minimum absolute atomic E-state index is 0.00639. The van der Waals surface area contributed by atoms with E-state index in [1.54, 1.807) is 23.0 Å². The Labute approximate surface area is 77.0 Å². The molecule has 0 aromatic carbocycles. The maximum atomic E-state index is 8.84. The van der Waals surface area contributed by atoms with Crippen LogP contribution in [0.3, 0.4) is 0 Å². The summed E-state index contributed by atoms with van der Waals surface area (Å²) < 4.78 is 2.60. The topological polar surface area (TPSA) is 50.4 Å². The molecule has 0 saturated heterocycles. The lowest BCUT2D eigenvalue weighted by Gasteiger charge is -1.97. The van der Waals surface area contributed by atoms with Gasteiger partial charge in [-0.05, 0) is 15.9 Å². The molecule has 4 nitrogen and oxygen atoms in total. The zero-order chi connectivity index (χ0) is 8.55. The van der Waals surface area contributed by atoms with E-state index in [9.17, 15) is 0 Å². The van der Waals surface area contributed by atoms with Crippen LogP contribution < -0.4 is 0 Å². The van der Waals surface area contributed by atoms with Crippen LogP contribution in [-0.4, -0.2) is 19.5 Å². The second kappa shape index (κ2) is 2.84. The lowest BCUT2D eigenvalue weighted by molar-refractivity contribution is 0.280. The monoisotopic (exact) mass is 227 g/mol. The van der Waals surface area contributed by atoms with E-state index in [0.29, 0.717) is 5.78 Å². The fourth-order valence-corrected chi connectivity index (χ4v) is 1.33. The minimum atomic E-state index is -0.00639. The van der Waals surface area contributed by atoms with Gasteiger partial charge in [-0.2, -0.15) is 0 Å². The Bertz CT molecular complexity index is 412. The fourth-order valence-electron chi connectivity index (χ4n) is 0.967. The first-order chi connectivity index (χ1) is 5.81. The quantitative estimate of drug-likeness (QED) is 0.791. The summed E-state index contributed by atoms with van der Waals surface area (Å²) in [5, 5.41) is 8.84. The maximum Gasteiger partial charge on any atom is 0.234 e. The number of hydrogen-bond acceptors (Lipinski definition) is 3. The highest BCUT2D eigenvalue weighted by Crippen LogP contribution is 2.11. The van der Waals surface area contributed by atoms with E-state index in [0.717, 1.165) is 10.2 Å². The van der Waals surface area contributed by atoms with Crippen LogP contribution in [0.1, 0.15) is 5.56 Å². The minimum Gasteiger partial charge on any atom is -0.392 e. The average molecular weight is 228 g/mol. The fraction of sp³-hybridized carbons (Fsp3) is 0.143. The van der Waals surface area contributed by atoms with Crippen molar-refractivity contribution >= 4 is 21.7 Å². The predicted octanol–water partition coefficient (Wildman–Crippen LogP) is 0.984. The molecular formula is C7H6BrN3O. The third kappa shape index (κ3) is 1.11.